The SMILES string of the molecule is NC(=O)c1ccc(CCC(=O)CC2CC3(CC(N)C3)C2)cc1. The third kappa shape index (κ3) is 3.22. The summed E-state index contributed by atoms with van der Waals surface area (Å²) in [6, 6.07) is 7.60. The highest BCUT2D eigenvalue weighted by Gasteiger charge is 2.51. The van der Waals surface area contributed by atoms with Crippen LogP contribution in [0, 0.1) is 11.3 Å². The van der Waals surface area contributed by atoms with E-state index in [1.807, 2.05) is 12.1 Å². The van der Waals surface area contributed by atoms with Gasteiger partial charge in [0.05, 0.1) is 0 Å². The van der Waals surface area contributed by atoms with E-state index in [1.165, 1.54) is 12.8 Å². The molecule has 3 rings (SSSR count). The minimum atomic E-state index is -0.419. The number of Topliss-reactive ketones (excluding diaryl/α,β-unsaturated/α-hetero) is 1. The molecule has 0 aliphatic heterocycles. The van der Waals surface area contributed by atoms with Gasteiger partial charge >= 0.3 is 0 Å². The first-order valence-electron chi connectivity index (χ1n) is 8.12. The summed E-state index contributed by atoms with van der Waals surface area (Å²) >= 11 is 0. The molecule has 4 N–H and O–H groups in total. The first-order valence-corrected chi connectivity index (χ1v) is 8.12. The quantitative estimate of drug-likeness (QED) is 0.844. The molecular formula is C18H24N2O2. The molecule has 4 heteroatoms. The summed E-state index contributed by atoms with van der Waals surface area (Å²) < 4.78 is 0. The first kappa shape index (κ1) is 15.2. The highest BCUT2D eigenvalue weighted by Crippen LogP contribution is 2.59. The first-order chi connectivity index (χ1) is 10.5. The standard InChI is InChI=1S/C18H24N2O2/c19-15-10-18(11-15)8-13(9-18)7-16(21)6-3-12-1-4-14(5-2-12)17(20)22/h1-2,4-5,13,15H,3,6-11,19H2,(H2,20,22). The van der Waals surface area contributed by atoms with Crippen LogP contribution in [0.15, 0.2) is 24.3 Å². The van der Waals surface area contributed by atoms with Crippen molar-refractivity contribution < 1.29 is 9.59 Å². The number of benzene rings is 1. The number of hydrogen-bond donors (Lipinski definition) is 2. The summed E-state index contributed by atoms with van der Waals surface area (Å²) in [4.78, 5) is 23.1. The minimum absolute atomic E-state index is 0.349. The lowest BCUT2D eigenvalue weighted by atomic mass is 9.49. The van der Waals surface area contributed by atoms with Crippen LogP contribution in [0.1, 0.15) is 54.4 Å². The molecule has 2 aliphatic rings. The van der Waals surface area contributed by atoms with Crippen molar-refractivity contribution in [3.63, 3.8) is 0 Å². The fraction of sp³-hybridized carbons (Fsp3) is 0.556. The van der Waals surface area contributed by atoms with Gasteiger partial charge in [0.1, 0.15) is 5.78 Å². The van der Waals surface area contributed by atoms with Crippen molar-refractivity contribution in [2.45, 2.75) is 51.0 Å². The molecule has 1 spiro atoms. The zero-order valence-electron chi connectivity index (χ0n) is 12.9. The monoisotopic (exact) mass is 300 g/mol. The molecule has 2 fully saturated rings. The fourth-order valence-electron chi connectivity index (χ4n) is 4.24. The van der Waals surface area contributed by atoms with Gasteiger partial charge in [0.2, 0.25) is 5.91 Å². The van der Waals surface area contributed by atoms with Crippen molar-refractivity contribution in [1.29, 1.82) is 0 Å². The lowest BCUT2D eigenvalue weighted by molar-refractivity contribution is -0.123. The molecule has 0 unspecified atom stereocenters. The Morgan fingerprint density at radius 3 is 2.27 bits per heavy atom. The molecule has 0 aromatic heterocycles. The third-order valence-corrected chi connectivity index (χ3v) is 5.28. The van der Waals surface area contributed by atoms with Crippen LogP contribution in [-0.4, -0.2) is 17.7 Å². The van der Waals surface area contributed by atoms with Crippen molar-refractivity contribution in [1.82, 2.24) is 0 Å². The van der Waals surface area contributed by atoms with Gasteiger partial charge in [-0.3, -0.25) is 9.59 Å². The van der Waals surface area contributed by atoms with Crippen molar-refractivity contribution in [2.24, 2.45) is 22.8 Å². The highest BCUT2D eigenvalue weighted by molar-refractivity contribution is 5.92. The average Bonchev–Trinajstić information content (AvgIpc) is 2.41. The fourth-order valence-corrected chi connectivity index (χ4v) is 4.24. The van der Waals surface area contributed by atoms with E-state index < -0.39 is 5.91 Å². The van der Waals surface area contributed by atoms with E-state index >= 15 is 0 Å². The molecule has 0 saturated heterocycles. The molecule has 0 heterocycles. The number of ketones is 1. The maximum Gasteiger partial charge on any atom is 0.248 e. The smallest absolute Gasteiger partial charge is 0.248 e. The Morgan fingerprint density at radius 2 is 1.73 bits per heavy atom. The molecule has 2 saturated carbocycles. The minimum Gasteiger partial charge on any atom is -0.366 e. The highest BCUT2D eigenvalue weighted by atomic mass is 16.1. The van der Waals surface area contributed by atoms with Gasteiger partial charge in [-0.2, -0.15) is 0 Å². The summed E-state index contributed by atoms with van der Waals surface area (Å²) in [7, 11) is 0. The Bertz CT molecular complexity index is 565. The molecule has 1 aromatic carbocycles. The predicted molar refractivity (Wildman–Crippen MR) is 85.3 cm³/mol. The lowest BCUT2D eigenvalue weighted by Crippen LogP contribution is -2.53. The van der Waals surface area contributed by atoms with Crippen molar-refractivity contribution >= 4 is 11.7 Å². The van der Waals surface area contributed by atoms with Gasteiger partial charge in [-0.05, 0) is 61.1 Å². The van der Waals surface area contributed by atoms with Gasteiger partial charge in [-0.15, -0.1) is 0 Å². The summed E-state index contributed by atoms with van der Waals surface area (Å²) in [6.07, 6.45) is 6.74. The van der Waals surface area contributed by atoms with Gasteiger partial charge in [0.15, 0.2) is 0 Å². The summed E-state index contributed by atoms with van der Waals surface area (Å²) in [5, 5.41) is 0. The Morgan fingerprint density at radius 1 is 1.09 bits per heavy atom. The van der Waals surface area contributed by atoms with E-state index in [0.717, 1.165) is 31.2 Å². The average molecular weight is 300 g/mol. The largest absolute Gasteiger partial charge is 0.366 e. The van der Waals surface area contributed by atoms with E-state index in [4.69, 9.17) is 11.5 Å². The normalized spacial score (nSPS) is 29.7. The zero-order chi connectivity index (χ0) is 15.7. The van der Waals surface area contributed by atoms with Crippen LogP contribution in [0.25, 0.3) is 0 Å². The zero-order valence-corrected chi connectivity index (χ0v) is 12.9. The predicted octanol–water partition coefficient (Wildman–Crippen LogP) is 2.19. The summed E-state index contributed by atoms with van der Waals surface area (Å²) in [6.45, 7) is 0. The number of carbonyl (C=O) groups is 2. The molecule has 2 aliphatic carbocycles. The van der Waals surface area contributed by atoms with Crippen molar-refractivity contribution in [3.05, 3.63) is 35.4 Å². The summed E-state index contributed by atoms with van der Waals surface area (Å²) in [5.41, 5.74) is 13.2. The maximum atomic E-state index is 12.1. The van der Waals surface area contributed by atoms with Gasteiger partial charge in [0.25, 0.3) is 0 Å². The molecule has 0 radical (unpaired) electrons. The molecule has 0 atom stereocenters. The van der Waals surface area contributed by atoms with Crippen molar-refractivity contribution in [3.8, 4) is 0 Å². The van der Waals surface area contributed by atoms with E-state index in [0.29, 0.717) is 35.1 Å². The molecule has 22 heavy (non-hydrogen) atoms. The molecule has 4 nitrogen and oxygen atoms in total. The molecular weight excluding hydrogens is 276 g/mol. The van der Waals surface area contributed by atoms with E-state index in [-0.39, 0.29) is 0 Å². The third-order valence-electron chi connectivity index (χ3n) is 5.28. The molecule has 1 amide bonds. The van der Waals surface area contributed by atoms with E-state index in [1.54, 1.807) is 12.1 Å². The number of rotatable bonds is 6. The lowest BCUT2D eigenvalue weighted by Gasteiger charge is -2.57. The van der Waals surface area contributed by atoms with Crippen LogP contribution in [0.5, 0.6) is 0 Å². The van der Waals surface area contributed by atoms with Gasteiger partial charge in [-0.1, -0.05) is 12.1 Å². The Balaban J connectivity index is 1.39. The van der Waals surface area contributed by atoms with Crippen LogP contribution >= 0.6 is 0 Å². The van der Waals surface area contributed by atoms with E-state index in [9.17, 15) is 9.59 Å². The second kappa shape index (κ2) is 5.84. The number of hydrogen-bond acceptors (Lipinski definition) is 3. The van der Waals surface area contributed by atoms with Crippen LogP contribution in [-0.2, 0) is 11.2 Å². The van der Waals surface area contributed by atoms with Gasteiger partial charge in [-0.25, -0.2) is 0 Å². The second-order valence-corrected chi connectivity index (χ2v) is 7.25. The number of amides is 1. The number of primary amides is 1. The maximum absolute atomic E-state index is 12.1. The number of carbonyl (C=O) groups excluding carboxylic acids is 2. The second-order valence-electron chi connectivity index (χ2n) is 7.25. The molecule has 118 valence electrons. The van der Waals surface area contributed by atoms with Crippen LogP contribution in [0.3, 0.4) is 0 Å². The van der Waals surface area contributed by atoms with Gasteiger partial charge in [0, 0.05) is 24.4 Å². The topological polar surface area (TPSA) is 86.2 Å². The van der Waals surface area contributed by atoms with Crippen molar-refractivity contribution in [2.75, 3.05) is 0 Å². The van der Waals surface area contributed by atoms with Crippen LogP contribution in [0.4, 0.5) is 0 Å². The number of nitrogens with two attached hydrogens (primary N) is 2. The Labute approximate surface area is 131 Å². The molecule has 1 aromatic rings. The van der Waals surface area contributed by atoms with Crippen LogP contribution in [0.2, 0.25) is 0 Å². The van der Waals surface area contributed by atoms with E-state index in [2.05, 4.69) is 0 Å². The Hall–Kier alpha value is -1.68. The number of aryl methyl sites for hydroxylation is 1. The summed E-state index contributed by atoms with van der Waals surface area (Å²) in [5.74, 6) is 0.511. The van der Waals surface area contributed by atoms with Crippen LogP contribution < -0.4 is 11.5 Å². The van der Waals surface area contributed by atoms with Gasteiger partial charge < -0.3 is 11.5 Å². The Kier molecular flexibility index (Phi) is 4.04. The molecule has 0 bridgehead atoms.